The lowest BCUT2D eigenvalue weighted by molar-refractivity contribution is 0.129. The summed E-state index contributed by atoms with van der Waals surface area (Å²) < 4.78 is 7.66. The number of guanidine groups is 1. The van der Waals surface area contributed by atoms with E-state index in [2.05, 4.69) is 53.6 Å². The molecule has 0 radical (unpaired) electrons. The van der Waals surface area contributed by atoms with Crippen LogP contribution in [0.1, 0.15) is 33.1 Å². The molecule has 1 fully saturated rings. The van der Waals surface area contributed by atoms with Crippen LogP contribution in [0.3, 0.4) is 0 Å². The van der Waals surface area contributed by atoms with E-state index < -0.39 is 0 Å². The number of aromatic nitrogens is 1. The van der Waals surface area contributed by atoms with Crippen LogP contribution < -0.4 is 10.6 Å². The molecule has 0 aromatic carbocycles. The average molecular weight is 306 g/mol. The molecular weight excluding hydrogens is 276 g/mol. The highest BCUT2D eigenvalue weighted by Gasteiger charge is 2.41. The highest BCUT2D eigenvalue weighted by molar-refractivity contribution is 5.79. The van der Waals surface area contributed by atoms with Gasteiger partial charge in [0.1, 0.15) is 0 Å². The van der Waals surface area contributed by atoms with Crippen LogP contribution in [0.15, 0.2) is 29.5 Å². The van der Waals surface area contributed by atoms with Crippen molar-refractivity contribution in [3.05, 3.63) is 24.5 Å². The topological polar surface area (TPSA) is 50.6 Å². The summed E-state index contributed by atoms with van der Waals surface area (Å²) in [6.45, 7) is 9.45. The normalized spacial score (nSPS) is 16.5. The van der Waals surface area contributed by atoms with E-state index in [0.717, 1.165) is 51.8 Å². The van der Waals surface area contributed by atoms with Crippen molar-refractivity contribution in [2.45, 2.75) is 39.7 Å². The predicted octanol–water partition coefficient (Wildman–Crippen LogP) is 2.25. The minimum absolute atomic E-state index is 0.401. The molecule has 1 aromatic rings. The molecule has 0 unspecified atom stereocenters. The molecule has 1 aliphatic carbocycles. The molecule has 1 saturated carbocycles. The lowest BCUT2D eigenvalue weighted by atomic mass is 10.0. The summed E-state index contributed by atoms with van der Waals surface area (Å²) in [5.41, 5.74) is 0.401. The first-order valence-corrected chi connectivity index (χ1v) is 8.49. The van der Waals surface area contributed by atoms with Gasteiger partial charge in [-0.25, -0.2) is 0 Å². The van der Waals surface area contributed by atoms with Crippen LogP contribution in [0.5, 0.6) is 0 Å². The molecule has 1 aliphatic rings. The second-order valence-corrected chi connectivity index (χ2v) is 5.99. The first-order chi connectivity index (χ1) is 10.8. The van der Waals surface area contributed by atoms with Crippen molar-refractivity contribution in [3.8, 4) is 0 Å². The SMILES string of the molecule is CCNC(=NCC1(CCOCC)CC1)NCCn1cccc1. The lowest BCUT2D eigenvalue weighted by Crippen LogP contribution is -2.39. The first-order valence-electron chi connectivity index (χ1n) is 8.49. The van der Waals surface area contributed by atoms with E-state index in [1.54, 1.807) is 0 Å². The molecular formula is C17H30N4O. The molecule has 0 aliphatic heterocycles. The van der Waals surface area contributed by atoms with Crippen molar-refractivity contribution >= 4 is 5.96 Å². The Morgan fingerprint density at radius 3 is 2.64 bits per heavy atom. The molecule has 5 nitrogen and oxygen atoms in total. The molecule has 22 heavy (non-hydrogen) atoms. The number of aliphatic imine (C=N–C) groups is 1. The predicted molar refractivity (Wildman–Crippen MR) is 91.2 cm³/mol. The summed E-state index contributed by atoms with van der Waals surface area (Å²) >= 11 is 0. The fourth-order valence-corrected chi connectivity index (χ4v) is 2.51. The van der Waals surface area contributed by atoms with E-state index in [1.165, 1.54) is 12.8 Å². The maximum absolute atomic E-state index is 5.49. The van der Waals surface area contributed by atoms with E-state index in [4.69, 9.17) is 9.73 Å². The highest BCUT2D eigenvalue weighted by Crippen LogP contribution is 2.48. The Balaban J connectivity index is 1.74. The van der Waals surface area contributed by atoms with Crippen LogP contribution in [-0.4, -0.2) is 43.4 Å². The van der Waals surface area contributed by atoms with Gasteiger partial charge in [0, 0.05) is 51.8 Å². The van der Waals surface area contributed by atoms with Crippen molar-refractivity contribution in [3.63, 3.8) is 0 Å². The van der Waals surface area contributed by atoms with Gasteiger partial charge in [-0.15, -0.1) is 0 Å². The molecule has 2 rings (SSSR count). The van der Waals surface area contributed by atoms with Crippen molar-refractivity contribution < 1.29 is 4.74 Å². The maximum atomic E-state index is 5.49. The van der Waals surface area contributed by atoms with Crippen LogP contribution in [0, 0.1) is 5.41 Å². The second kappa shape index (κ2) is 8.83. The van der Waals surface area contributed by atoms with Crippen molar-refractivity contribution in [2.75, 3.05) is 32.8 Å². The summed E-state index contributed by atoms with van der Waals surface area (Å²) in [6, 6.07) is 4.10. The fraction of sp³-hybridized carbons (Fsp3) is 0.706. The fourth-order valence-electron chi connectivity index (χ4n) is 2.51. The standard InChI is InChI=1S/C17H30N4O/c1-3-18-16(19-10-13-21-11-5-6-12-21)20-15-17(7-8-17)9-14-22-4-2/h5-6,11-12H,3-4,7-10,13-15H2,1-2H3,(H2,18,19,20). The Morgan fingerprint density at radius 2 is 2.00 bits per heavy atom. The summed E-state index contributed by atoms with van der Waals surface area (Å²) in [5.74, 6) is 0.928. The van der Waals surface area contributed by atoms with Gasteiger partial charge in [-0.05, 0) is 50.7 Å². The van der Waals surface area contributed by atoms with Crippen molar-refractivity contribution in [1.82, 2.24) is 15.2 Å². The Bertz CT molecular complexity index is 438. The Labute approximate surface area is 134 Å². The first kappa shape index (κ1) is 16.9. The van der Waals surface area contributed by atoms with Gasteiger partial charge < -0.3 is 19.9 Å². The monoisotopic (exact) mass is 306 g/mol. The zero-order valence-corrected chi connectivity index (χ0v) is 14.0. The maximum Gasteiger partial charge on any atom is 0.191 e. The number of hydrogen-bond donors (Lipinski definition) is 2. The van der Waals surface area contributed by atoms with E-state index in [9.17, 15) is 0 Å². The third-order valence-electron chi connectivity index (χ3n) is 4.18. The molecule has 0 saturated heterocycles. The van der Waals surface area contributed by atoms with Gasteiger partial charge in [-0.3, -0.25) is 4.99 Å². The van der Waals surface area contributed by atoms with Crippen molar-refractivity contribution in [1.29, 1.82) is 0 Å². The van der Waals surface area contributed by atoms with Gasteiger partial charge in [-0.2, -0.15) is 0 Å². The zero-order chi connectivity index (χ0) is 15.7. The Hall–Kier alpha value is -1.49. The number of ether oxygens (including phenoxy) is 1. The van der Waals surface area contributed by atoms with Crippen LogP contribution in [0.4, 0.5) is 0 Å². The van der Waals surface area contributed by atoms with E-state index in [0.29, 0.717) is 5.41 Å². The molecule has 0 atom stereocenters. The summed E-state index contributed by atoms with van der Waals surface area (Å²) in [5, 5.41) is 6.74. The zero-order valence-electron chi connectivity index (χ0n) is 14.0. The van der Waals surface area contributed by atoms with Crippen LogP contribution in [-0.2, 0) is 11.3 Å². The quantitative estimate of drug-likeness (QED) is 0.396. The lowest BCUT2D eigenvalue weighted by Gasteiger charge is -2.15. The van der Waals surface area contributed by atoms with Gasteiger partial charge in [0.2, 0.25) is 0 Å². The molecule has 0 amide bonds. The molecule has 2 N–H and O–H groups in total. The minimum Gasteiger partial charge on any atom is -0.382 e. The molecule has 5 heteroatoms. The van der Waals surface area contributed by atoms with Gasteiger partial charge >= 0.3 is 0 Å². The Kier molecular flexibility index (Phi) is 6.77. The third kappa shape index (κ3) is 5.72. The number of rotatable bonds is 10. The van der Waals surface area contributed by atoms with Gasteiger partial charge in [0.25, 0.3) is 0 Å². The largest absolute Gasteiger partial charge is 0.382 e. The van der Waals surface area contributed by atoms with Crippen LogP contribution >= 0.6 is 0 Å². The van der Waals surface area contributed by atoms with Gasteiger partial charge in [0.05, 0.1) is 0 Å². The molecule has 1 heterocycles. The smallest absolute Gasteiger partial charge is 0.191 e. The summed E-state index contributed by atoms with van der Waals surface area (Å²) in [6.07, 6.45) is 7.86. The highest BCUT2D eigenvalue weighted by atomic mass is 16.5. The molecule has 124 valence electrons. The minimum atomic E-state index is 0.401. The molecule has 0 spiro atoms. The summed E-state index contributed by atoms with van der Waals surface area (Å²) in [4.78, 5) is 4.77. The van der Waals surface area contributed by atoms with Crippen molar-refractivity contribution in [2.24, 2.45) is 10.4 Å². The van der Waals surface area contributed by atoms with E-state index >= 15 is 0 Å². The number of hydrogen-bond acceptors (Lipinski definition) is 2. The van der Waals surface area contributed by atoms with Gasteiger partial charge in [0.15, 0.2) is 5.96 Å². The second-order valence-electron chi connectivity index (χ2n) is 5.99. The van der Waals surface area contributed by atoms with E-state index in [-0.39, 0.29) is 0 Å². The number of nitrogens with one attached hydrogen (secondary N) is 2. The number of nitrogens with zero attached hydrogens (tertiary/aromatic N) is 2. The van der Waals surface area contributed by atoms with Crippen LogP contribution in [0.25, 0.3) is 0 Å². The van der Waals surface area contributed by atoms with Crippen LogP contribution in [0.2, 0.25) is 0 Å². The third-order valence-corrected chi connectivity index (χ3v) is 4.18. The Morgan fingerprint density at radius 1 is 1.23 bits per heavy atom. The average Bonchev–Trinajstić information content (AvgIpc) is 3.09. The summed E-state index contributed by atoms with van der Waals surface area (Å²) in [7, 11) is 0. The molecule has 1 aromatic heterocycles. The van der Waals surface area contributed by atoms with E-state index in [1.807, 2.05) is 0 Å². The molecule has 0 bridgehead atoms. The van der Waals surface area contributed by atoms with Gasteiger partial charge in [-0.1, -0.05) is 0 Å².